The fourth-order valence-corrected chi connectivity index (χ4v) is 8.57. The number of aliphatic hydroxyl groups excluding tert-OH is 2. The average Bonchev–Trinajstić information content (AvgIpc) is 3.36. The van der Waals surface area contributed by atoms with Gasteiger partial charge in [0.05, 0.1) is 65.1 Å². The molecular formula is C55H60O10. The van der Waals surface area contributed by atoms with Gasteiger partial charge in [-0.2, -0.15) is 0 Å². The Balaban J connectivity index is 1.12. The first-order chi connectivity index (χ1) is 32.1. The fraction of sp³-hybridized carbons (Fsp3) is 0.345. The number of hydrogen-bond donors (Lipinski definition) is 2. The van der Waals surface area contributed by atoms with Crippen LogP contribution in [0.1, 0.15) is 39.8 Å². The van der Waals surface area contributed by atoms with Crippen molar-refractivity contribution in [2.24, 2.45) is 0 Å². The smallest absolute Gasteiger partial charge is 0.115 e. The molecule has 0 aromatic heterocycles. The summed E-state index contributed by atoms with van der Waals surface area (Å²) in [4.78, 5) is 0. The first kappa shape index (κ1) is 46.4. The molecule has 6 aromatic carbocycles. The fourth-order valence-electron chi connectivity index (χ4n) is 8.57. The highest BCUT2D eigenvalue weighted by Gasteiger charge is 2.52. The molecule has 8 rings (SSSR count). The zero-order valence-electron chi connectivity index (χ0n) is 36.6. The molecule has 2 aliphatic heterocycles. The van der Waals surface area contributed by atoms with E-state index in [0.717, 1.165) is 33.4 Å². The molecule has 0 aliphatic carbocycles. The summed E-state index contributed by atoms with van der Waals surface area (Å²) >= 11 is 0. The highest BCUT2D eigenvalue weighted by molar-refractivity contribution is 5.18. The van der Waals surface area contributed by atoms with Crippen LogP contribution in [0.4, 0.5) is 0 Å². The summed E-state index contributed by atoms with van der Waals surface area (Å²) in [6.45, 7) is 1.52. The third-order valence-electron chi connectivity index (χ3n) is 12.0. The number of aliphatic hydroxyl groups is 2. The molecule has 2 N–H and O–H groups in total. The quantitative estimate of drug-likeness (QED) is 0.0690. The summed E-state index contributed by atoms with van der Waals surface area (Å²) in [5, 5.41) is 23.4. The van der Waals surface area contributed by atoms with Crippen LogP contribution in [0.5, 0.6) is 0 Å². The standard InChI is InChI=1S/C55H60O10/c56-32-48-52(60-35-42-23-11-3-12-24-42)54(62-37-44-27-15-5-16-28-44)50(57)46(64-48)31-47-51(59-34-41-21-9-2-10-22-41)55(63-38-45-29-17-6-18-30-45)53(61-36-43-25-13-4-14-26-43)49(65-47)39-58-33-40-19-7-1-8-20-40/h1-30,46-57H,31-39H2/t46-,47+,48+,49+,50-,51-,52+,53+,54+,55+/m0/s1. The molecule has 2 heterocycles. The molecule has 2 fully saturated rings. The average molecular weight is 881 g/mol. The lowest BCUT2D eigenvalue weighted by atomic mass is 9.87. The minimum Gasteiger partial charge on any atom is -0.394 e. The third kappa shape index (κ3) is 13.3. The Morgan fingerprint density at radius 1 is 0.338 bits per heavy atom. The summed E-state index contributed by atoms with van der Waals surface area (Å²) in [5.41, 5.74) is 5.89. The van der Waals surface area contributed by atoms with Crippen molar-refractivity contribution in [2.45, 2.75) is 107 Å². The van der Waals surface area contributed by atoms with Crippen LogP contribution in [0.15, 0.2) is 182 Å². The maximum atomic E-state index is 12.4. The maximum absolute atomic E-state index is 12.4. The van der Waals surface area contributed by atoms with Crippen molar-refractivity contribution in [3.05, 3.63) is 215 Å². The van der Waals surface area contributed by atoms with E-state index in [1.54, 1.807) is 0 Å². The molecule has 340 valence electrons. The van der Waals surface area contributed by atoms with Gasteiger partial charge in [-0.05, 0) is 33.4 Å². The lowest BCUT2D eigenvalue weighted by Crippen LogP contribution is -2.64. The van der Waals surface area contributed by atoms with Crippen molar-refractivity contribution in [3.8, 4) is 0 Å². The molecule has 10 heteroatoms. The van der Waals surface area contributed by atoms with E-state index in [4.69, 9.17) is 37.9 Å². The zero-order valence-corrected chi connectivity index (χ0v) is 36.6. The van der Waals surface area contributed by atoms with Crippen LogP contribution in [-0.2, 0) is 77.5 Å². The van der Waals surface area contributed by atoms with Crippen molar-refractivity contribution in [1.82, 2.24) is 0 Å². The molecule has 0 radical (unpaired) electrons. The predicted molar refractivity (Wildman–Crippen MR) is 246 cm³/mol. The summed E-state index contributed by atoms with van der Waals surface area (Å²) in [5.74, 6) is 0. The van der Waals surface area contributed by atoms with Crippen LogP contribution in [0.2, 0.25) is 0 Å². The molecule has 0 saturated carbocycles. The van der Waals surface area contributed by atoms with E-state index in [-0.39, 0.29) is 46.1 Å². The van der Waals surface area contributed by atoms with E-state index >= 15 is 0 Å². The van der Waals surface area contributed by atoms with Gasteiger partial charge < -0.3 is 48.1 Å². The van der Waals surface area contributed by atoms with E-state index < -0.39 is 61.0 Å². The molecule has 0 amide bonds. The summed E-state index contributed by atoms with van der Waals surface area (Å²) < 4.78 is 54.1. The maximum Gasteiger partial charge on any atom is 0.115 e. The summed E-state index contributed by atoms with van der Waals surface area (Å²) in [6.07, 6.45) is -7.66. The van der Waals surface area contributed by atoms with Crippen molar-refractivity contribution in [1.29, 1.82) is 0 Å². The molecule has 0 bridgehead atoms. The minimum atomic E-state index is -1.18. The SMILES string of the molecule is OC[C@H]1O[C@@H](C[C@H]2O[C@H](COCc3ccccc3)[C@@H](OCc3ccccc3)[C@H](OCc3ccccc3)[C@H]2OCc2ccccc2)[C@H](O)[C@@H](OCc2ccccc2)[C@@H]1OCc1ccccc1. The van der Waals surface area contributed by atoms with Crippen LogP contribution in [0, 0.1) is 0 Å². The van der Waals surface area contributed by atoms with Crippen LogP contribution < -0.4 is 0 Å². The second-order valence-corrected chi connectivity index (χ2v) is 16.6. The monoisotopic (exact) mass is 880 g/mol. The Morgan fingerprint density at radius 2 is 0.646 bits per heavy atom. The highest BCUT2D eigenvalue weighted by atomic mass is 16.6. The third-order valence-corrected chi connectivity index (χ3v) is 12.0. The van der Waals surface area contributed by atoms with E-state index in [1.165, 1.54) is 0 Å². The van der Waals surface area contributed by atoms with Gasteiger partial charge in [0, 0.05) is 6.42 Å². The van der Waals surface area contributed by atoms with Gasteiger partial charge >= 0.3 is 0 Å². The number of benzene rings is 6. The van der Waals surface area contributed by atoms with Gasteiger partial charge in [0.1, 0.15) is 48.8 Å². The second-order valence-electron chi connectivity index (χ2n) is 16.6. The van der Waals surface area contributed by atoms with E-state index in [1.807, 2.05) is 182 Å². The van der Waals surface area contributed by atoms with Crippen molar-refractivity contribution >= 4 is 0 Å². The van der Waals surface area contributed by atoms with Crippen molar-refractivity contribution in [3.63, 3.8) is 0 Å². The first-order valence-corrected chi connectivity index (χ1v) is 22.6. The Hall–Kier alpha value is -5.08. The van der Waals surface area contributed by atoms with Gasteiger partial charge in [-0.1, -0.05) is 182 Å². The van der Waals surface area contributed by atoms with Crippen LogP contribution >= 0.6 is 0 Å². The zero-order chi connectivity index (χ0) is 44.5. The van der Waals surface area contributed by atoms with Crippen LogP contribution in [0.3, 0.4) is 0 Å². The Kier molecular flexibility index (Phi) is 17.5. The molecule has 65 heavy (non-hydrogen) atoms. The number of ether oxygens (including phenoxy) is 8. The molecule has 6 aromatic rings. The topological polar surface area (TPSA) is 114 Å². The van der Waals surface area contributed by atoms with Crippen LogP contribution in [-0.4, -0.2) is 84.5 Å². The van der Waals surface area contributed by atoms with Crippen molar-refractivity contribution < 1.29 is 48.1 Å². The predicted octanol–water partition coefficient (Wildman–Crippen LogP) is 8.41. The van der Waals surface area contributed by atoms with Gasteiger partial charge in [0.25, 0.3) is 0 Å². The highest BCUT2D eigenvalue weighted by Crippen LogP contribution is 2.37. The molecule has 2 aliphatic rings. The molecule has 0 spiro atoms. The lowest BCUT2D eigenvalue weighted by molar-refractivity contribution is -0.293. The minimum absolute atomic E-state index is 0.166. The molecule has 2 saturated heterocycles. The van der Waals surface area contributed by atoms with Gasteiger partial charge in [-0.15, -0.1) is 0 Å². The first-order valence-electron chi connectivity index (χ1n) is 22.6. The number of rotatable bonds is 22. The molecule has 0 unspecified atom stereocenters. The summed E-state index contributed by atoms with van der Waals surface area (Å²) in [7, 11) is 0. The van der Waals surface area contributed by atoms with Gasteiger partial charge in [-0.3, -0.25) is 0 Å². The van der Waals surface area contributed by atoms with Gasteiger partial charge in [0.15, 0.2) is 0 Å². The van der Waals surface area contributed by atoms with Crippen LogP contribution in [0.25, 0.3) is 0 Å². The van der Waals surface area contributed by atoms with E-state index in [0.29, 0.717) is 13.2 Å². The Morgan fingerprint density at radius 3 is 1.03 bits per heavy atom. The lowest BCUT2D eigenvalue weighted by Gasteiger charge is -2.49. The largest absolute Gasteiger partial charge is 0.394 e. The van der Waals surface area contributed by atoms with E-state index in [2.05, 4.69) is 0 Å². The Labute approximate surface area is 382 Å². The molecule has 10 nitrogen and oxygen atoms in total. The second kappa shape index (κ2) is 24.4. The Bertz CT molecular complexity index is 2200. The summed E-state index contributed by atoms with van der Waals surface area (Å²) in [6, 6.07) is 59.6. The van der Waals surface area contributed by atoms with Gasteiger partial charge in [-0.25, -0.2) is 0 Å². The van der Waals surface area contributed by atoms with Crippen molar-refractivity contribution in [2.75, 3.05) is 13.2 Å². The number of hydrogen-bond acceptors (Lipinski definition) is 10. The molecular weight excluding hydrogens is 821 g/mol. The van der Waals surface area contributed by atoms with E-state index in [9.17, 15) is 10.2 Å². The normalized spacial score (nSPS) is 25.6. The molecule has 10 atom stereocenters. The van der Waals surface area contributed by atoms with Gasteiger partial charge in [0.2, 0.25) is 0 Å².